The lowest BCUT2D eigenvalue weighted by Crippen LogP contribution is -2.42. The van der Waals surface area contributed by atoms with E-state index < -0.39 is 12.1 Å². The Morgan fingerprint density at radius 2 is 2.21 bits per heavy atom. The van der Waals surface area contributed by atoms with Gasteiger partial charge in [-0.25, -0.2) is 0 Å². The molecule has 0 saturated carbocycles. The highest BCUT2D eigenvalue weighted by Gasteiger charge is 2.38. The van der Waals surface area contributed by atoms with Crippen molar-refractivity contribution in [3.63, 3.8) is 0 Å². The molecule has 1 aliphatic rings. The van der Waals surface area contributed by atoms with Crippen LogP contribution in [0.25, 0.3) is 0 Å². The summed E-state index contributed by atoms with van der Waals surface area (Å²) in [5.41, 5.74) is 0. The second-order valence-electron chi connectivity index (χ2n) is 3.42. The molecule has 1 saturated heterocycles. The molecule has 0 aromatic heterocycles. The van der Waals surface area contributed by atoms with E-state index in [2.05, 4.69) is 5.32 Å². The van der Waals surface area contributed by atoms with Crippen molar-refractivity contribution in [2.24, 2.45) is 5.92 Å². The van der Waals surface area contributed by atoms with E-state index >= 15 is 0 Å². The van der Waals surface area contributed by atoms with Crippen LogP contribution < -0.4 is 10.6 Å². The van der Waals surface area contributed by atoms with Crippen molar-refractivity contribution < 1.29 is 18.0 Å². The quantitative estimate of drug-likeness (QED) is 0.703. The summed E-state index contributed by atoms with van der Waals surface area (Å²) in [5, 5.41) is 4.95. The lowest BCUT2D eigenvalue weighted by atomic mass is 10.00. The molecule has 1 heterocycles. The first-order valence-electron chi connectivity index (χ1n) is 4.56. The average Bonchev–Trinajstić information content (AvgIpc) is 2.14. The van der Waals surface area contributed by atoms with Gasteiger partial charge in [0, 0.05) is 6.54 Å². The molecule has 0 aliphatic carbocycles. The Kier molecular flexibility index (Phi) is 3.74. The number of alkyl halides is 3. The predicted molar refractivity (Wildman–Crippen MR) is 44.7 cm³/mol. The number of hydrogen-bond donors (Lipinski definition) is 2. The van der Waals surface area contributed by atoms with Crippen LogP contribution >= 0.6 is 0 Å². The molecule has 1 aliphatic heterocycles. The molecule has 2 N–H and O–H groups in total. The second kappa shape index (κ2) is 4.63. The molecular weight excluding hydrogens is 197 g/mol. The first kappa shape index (κ1) is 11.3. The molecule has 0 bridgehead atoms. The summed E-state index contributed by atoms with van der Waals surface area (Å²) < 4.78 is 35.3. The largest absolute Gasteiger partial charge is 0.471 e. The average molecular weight is 210 g/mol. The number of piperidine rings is 1. The van der Waals surface area contributed by atoms with Crippen molar-refractivity contribution in [3.8, 4) is 0 Å². The Balaban J connectivity index is 2.22. The zero-order chi connectivity index (χ0) is 10.6. The lowest BCUT2D eigenvalue weighted by Gasteiger charge is -2.23. The molecule has 1 fully saturated rings. The van der Waals surface area contributed by atoms with E-state index in [0.29, 0.717) is 6.54 Å². The van der Waals surface area contributed by atoms with Crippen molar-refractivity contribution in [3.05, 3.63) is 0 Å². The minimum Gasteiger partial charge on any atom is -0.348 e. The van der Waals surface area contributed by atoms with E-state index in [0.717, 1.165) is 19.4 Å². The summed E-state index contributed by atoms with van der Waals surface area (Å²) in [6.07, 6.45) is -2.94. The molecule has 0 aromatic carbocycles. The van der Waals surface area contributed by atoms with Gasteiger partial charge < -0.3 is 10.6 Å². The minimum atomic E-state index is -4.76. The molecule has 0 spiro atoms. The molecule has 82 valence electrons. The summed E-state index contributed by atoms with van der Waals surface area (Å²) in [6, 6.07) is 0. The zero-order valence-electron chi connectivity index (χ0n) is 7.66. The van der Waals surface area contributed by atoms with Crippen LogP contribution in [0.5, 0.6) is 0 Å². The summed E-state index contributed by atoms with van der Waals surface area (Å²) in [5.74, 6) is -1.72. The number of carbonyl (C=O) groups excluding carboxylic acids is 1. The van der Waals surface area contributed by atoms with Gasteiger partial charge in [-0.3, -0.25) is 4.79 Å². The fraction of sp³-hybridized carbons (Fsp3) is 0.875. The Hall–Kier alpha value is -0.780. The Morgan fingerprint density at radius 1 is 1.50 bits per heavy atom. The topological polar surface area (TPSA) is 41.1 Å². The molecule has 3 nitrogen and oxygen atoms in total. The van der Waals surface area contributed by atoms with Gasteiger partial charge in [0.05, 0.1) is 0 Å². The van der Waals surface area contributed by atoms with Gasteiger partial charge in [-0.1, -0.05) is 0 Å². The summed E-state index contributed by atoms with van der Waals surface area (Å²) in [7, 11) is 0. The fourth-order valence-electron chi connectivity index (χ4n) is 1.44. The van der Waals surface area contributed by atoms with Crippen LogP contribution in [0.15, 0.2) is 0 Å². The Morgan fingerprint density at radius 3 is 2.71 bits per heavy atom. The van der Waals surface area contributed by atoms with Crippen molar-refractivity contribution in [1.29, 1.82) is 0 Å². The summed E-state index contributed by atoms with van der Waals surface area (Å²) in [4.78, 5) is 10.5. The van der Waals surface area contributed by atoms with Crippen LogP contribution in [0.1, 0.15) is 12.8 Å². The van der Waals surface area contributed by atoms with E-state index in [1.54, 1.807) is 0 Å². The third-order valence-electron chi connectivity index (χ3n) is 2.21. The van der Waals surface area contributed by atoms with E-state index in [-0.39, 0.29) is 12.5 Å². The van der Waals surface area contributed by atoms with Crippen molar-refractivity contribution in [2.45, 2.75) is 19.0 Å². The highest BCUT2D eigenvalue weighted by molar-refractivity contribution is 5.81. The maximum Gasteiger partial charge on any atom is 0.471 e. The molecule has 1 atom stereocenters. The first-order chi connectivity index (χ1) is 6.50. The van der Waals surface area contributed by atoms with Crippen LogP contribution in [0.4, 0.5) is 13.2 Å². The second-order valence-corrected chi connectivity index (χ2v) is 3.42. The van der Waals surface area contributed by atoms with Gasteiger partial charge in [0.2, 0.25) is 0 Å². The number of nitrogens with one attached hydrogen (secondary N) is 2. The summed E-state index contributed by atoms with van der Waals surface area (Å²) >= 11 is 0. The highest BCUT2D eigenvalue weighted by Crippen LogP contribution is 2.15. The number of halogens is 3. The van der Waals surface area contributed by atoms with Crippen LogP contribution in [0.3, 0.4) is 0 Å². The number of carbonyl (C=O) groups is 1. The molecule has 0 unspecified atom stereocenters. The van der Waals surface area contributed by atoms with Crippen LogP contribution in [0, 0.1) is 5.92 Å². The third-order valence-corrected chi connectivity index (χ3v) is 2.21. The van der Waals surface area contributed by atoms with E-state index in [9.17, 15) is 18.0 Å². The summed E-state index contributed by atoms with van der Waals surface area (Å²) in [6.45, 7) is 1.69. The number of hydrogen-bond acceptors (Lipinski definition) is 2. The number of amides is 1. The Bertz CT molecular complexity index is 199. The molecule has 6 heteroatoms. The fourth-order valence-corrected chi connectivity index (χ4v) is 1.44. The monoisotopic (exact) mass is 210 g/mol. The smallest absolute Gasteiger partial charge is 0.348 e. The van der Waals surface area contributed by atoms with Gasteiger partial charge in [-0.05, 0) is 31.8 Å². The van der Waals surface area contributed by atoms with Gasteiger partial charge in [-0.15, -0.1) is 0 Å². The Labute approximate surface area is 80.0 Å². The van der Waals surface area contributed by atoms with Crippen LogP contribution in [0.2, 0.25) is 0 Å². The standard InChI is InChI=1S/C8H13F3N2O/c9-8(10,11)7(14)13-5-6-2-1-3-12-4-6/h6,12H,1-5H2,(H,13,14)/t6-/m0/s1. The minimum absolute atomic E-state index is 0.103. The first-order valence-corrected chi connectivity index (χ1v) is 4.56. The molecule has 1 amide bonds. The molecule has 0 radical (unpaired) electrons. The lowest BCUT2D eigenvalue weighted by molar-refractivity contribution is -0.173. The van der Waals surface area contributed by atoms with Crippen molar-refractivity contribution >= 4 is 5.91 Å². The maximum absolute atomic E-state index is 11.8. The predicted octanol–water partition coefficient (Wildman–Crippen LogP) is 0.664. The van der Waals surface area contributed by atoms with E-state index in [4.69, 9.17) is 0 Å². The zero-order valence-corrected chi connectivity index (χ0v) is 7.66. The van der Waals surface area contributed by atoms with Gasteiger partial charge in [0.25, 0.3) is 0 Å². The molecular formula is C8H13F3N2O. The third kappa shape index (κ3) is 3.53. The van der Waals surface area contributed by atoms with Crippen LogP contribution in [-0.4, -0.2) is 31.7 Å². The number of rotatable bonds is 2. The highest BCUT2D eigenvalue weighted by atomic mass is 19.4. The van der Waals surface area contributed by atoms with Crippen molar-refractivity contribution in [1.82, 2.24) is 10.6 Å². The SMILES string of the molecule is O=C(NC[C@H]1CCCNC1)C(F)(F)F. The van der Waals surface area contributed by atoms with Crippen LogP contribution in [-0.2, 0) is 4.79 Å². The van der Waals surface area contributed by atoms with Gasteiger partial charge in [0.1, 0.15) is 0 Å². The van der Waals surface area contributed by atoms with Crippen molar-refractivity contribution in [2.75, 3.05) is 19.6 Å². The molecule has 0 aromatic rings. The van der Waals surface area contributed by atoms with Gasteiger partial charge in [-0.2, -0.15) is 13.2 Å². The van der Waals surface area contributed by atoms with E-state index in [1.165, 1.54) is 0 Å². The molecule has 1 rings (SSSR count). The van der Waals surface area contributed by atoms with Gasteiger partial charge in [0.15, 0.2) is 0 Å². The van der Waals surface area contributed by atoms with E-state index in [1.807, 2.05) is 5.32 Å². The maximum atomic E-state index is 11.8. The normalized spacial score (nSPS) is 23.2. The molecule has 14 heavy (non-hydrogen) atoms. The van der Waals surface area contributed by atoms with Gasteiger partial charge >= 0.3 is 12.1 Å².